The van der Waals surface area contributed by atoms with Crippen molar-refractivity contribution in [2.75, 3.05) is 4.90 Å². The van der Waals surface area contributed by atoms with E-state index in [1.165, 1.54) is 108 Å². The van der Waals surface area contributed by atoms with E-state index >= 15 is 0 Å². The summed E-state index contributed by atoms with van der Waals surface area (Å²) >= 11 is 80.5. The van der Waals surface area contributed by atoms with Crippen molar-refractivity contribution >= 4 is 565 Å². The summed E-state index contributed by atoms with van der Waals surface area (Å²) in [6.45, 7) is 14.1. The van der Waals surface area contributed by atoms with Gasteiger partial charge in [0.05, 0.1) is 5.54 Å². The molecule has 1 nitrogen and oxygen atoms in total. The Morgan fingerprint density at radius 3 is 1.21 bits per heavy atom. The Balaban J connectivity index is 0.000000200. The van der Waals surface area contributed by atoms with E-state index in [-0.39, 0.29) is 18.8 Å². The van der Waals surface area contributed by atoms with Crippen LogP contribution in [0.15, 0.2) is 138 Å². The molecule has 2 fully saturated rings. The number of hydrogen-bond acceptors (Lipinski definition) is 1. The molecule has 6 aromatic rings. The summed E-state index contributed by atoms with van der Waals surface area (Å²) < 4.78 is 1.03. The van der Waals surface area contributed by atoms with Crippen molar-refractivity contribution < 1.29 is 13.3 Å². The molecule has 1 heterocycles. The van der Waals surface area contributed by atoms with Crippen molar-refractivity contribution in [3.8, 4) is 22.3 Å². The zero-order valence-electron chi connectivity index (χ0n) is 50.4. The molecule has 0 spiro atoms. The van der Waals surface area contributed by atoms with Crippen LogP contribution in [0.4, 0.5) is 11.4 Å². The molecule has 0 saturated heterocycles. The number of fused-ring (bicyclic) bond motifs is 6. The summed E-state index contributed by atoms with van der Waals surface area (Å²) in [4.78, 5) is 2.59. The fraction of sp³-hybridized carbons (Fsp3) is 0.345. The van der Waals surface area contributed by atoms with Crippen LogP contribution in [0.5, 0.6) is 0 Å². The van der Waals surface area contributed by atoms with Crippen LogP contribution in [-0.4, -0.2) is 5.54 Å². The number of halogens is 42. The number of rotatable bonds is 21. The summed E-state index contributed by atoms with van der Waals surface area (Å²) in [5.74, 6) is 0. The molecule has 10 rings (SSSR count). The van der Waals surface area contributed by atoms with E-state index in [0.717, 1.165) is 14.5 Å². The molecule has 0 aromatic heterocycles. The van der Waals surface area contributed by atoms with Gasteiger partial charge in [0, 0.05) is 31.3 Å². The summed E-state index contributed by atoms with van der Waals surface area (Å²) in [6, 6.07) is 48.1. The van der Waals surface area contributed by atoms with Crippen LogP contribution in [0.3, 0.4) is 0 Å². The summed E-state index contributed by atoms with van der Waals surface area (Å²) in [7, 11) is -8.82. The maximum absolute atomic E-state index is 6.49. The molecule has 0 bridgehead atoms. The summed E-state index contributed by atoms with van der Waals surface area (Å²) in [6.07, 6.45) is 11.8. The molecule has 4 atom stereocenters. The fourth-order valence-electron chi connectivity index (χ4n) is 11.8. The van der Waals surface area contributed by atoms with E-state index in [0.29, 0.717) is 24.1 Å². The van der Waals surface area contributed by atoms with Crippen molar-refractivity contribution in [2.24, 2.45) is 5.41 Å². The van der Waals surface area contributed by atoms with Crippen LogP contribution in [0.2, 0.25) is 10.0 Å². The number of aryl methyl sites for hydroxylation is 2. The van der Waals surface area contributed by atoms with Crippen LogP contribution in [-0.2, 0) is 17.3 Å². The minimum absolute atomic E-state index is 0.0556. The van der Waals surface area contributed by atoms with E-state index in [1.54, 1.807) is 11.1 Å². The zero-order chi connectivity index (χ0) is 72.7. The summed E-state index contributed by atoms with van der Waals surface area (Å²) in [5.41, 5.74) is 16.0. The van der Waals surface area contributed by atoms with Gasteiger partial charge in [-0.15, -0.1) is 0 Å². The first-order valence-electron chi connectivity index (χ1n) is 27.0. The first kappa shape index (κ1) is 110. The van der Waals surface area contributed by atoms with E-state index in [4.69, 9.17) is 23.2 Å². The van der Waals surface area contributed by atoms with Crippen LogP contribution in [0.25, 0.3) is 22.3 Å². The number of hydrogen-bond donors (Lipinski definition) is 0. The zero-order valence-corrected chi connectivity index (χ0v) is 138. The monoisotopic (exact) mass is 5830 g/mol. The fourth-order valence-corrected chi connectivity index (χ4v) is 6930. The molecule has 43 heteroatoms. The van der Waals surface area contributed by atoms with Gasteiger partial charge in [0.25, 0.3) is 0 Å². The van der Waals surface area contributed by atoms with Gasteiger partial charge in [-0.3, -0.25) is 0 Å². The Bertz CT molecular complexity index is 3480. The number of benzene rings is 6. The predicted molar refractivity (Wildman–Crippen MR) is 791 cm³/mol. The number of anilines is 2. The molecule has 2 saturated carbocycles. The second-order valence-electron chi connectivity index (χ2n) is 21.7. The van der Waals surface area contributed by atoms with Crippen molar-refractivity contribution in [1.29, 1.82) is 0 Å². The van der Waals surface area contributed by atoms with Crippen LogP contribution >= 0.6 is 554 Å². The first-order valence-corrected chi connectivity index (χ1v) is 267. The standard InChI is InChI=1S/C27H28ClN.C21H24.C7H6BrCl.I39/c1-19-15-22(28)18-23(16-19)29-25-12-11-21(20-9-5-4-6-10-20)17-24(25)26(2)13-7-8-14-27(26,29)3;1-20-12-6-7-13-21(20,2)19-14-17(10-11-18(19)15-20)16-8-4-3-5-9-16;1-5-2-6(8)4-7(9)3-5;1-21-23(4)25(6)27(8)29(10)31(12)33(14)35(16)37(18)39(20)38(19)36(17)34(15)32(13)30(11)28(9)26(7)24(5)22(2)3/h4-6,9-12,15-18H,7-8,13-14H2,1-3H3;3-5,8-11,14H,6-7,12-13,15H2,1-2H3;2-4H,1H3;/q;;;-1. The normalized spacial score (nSPS) is 22.4. The third-order valence-corrected chi connectivity index (χ3v) is 2910. The molecule has 6 aromatic carbocycles. The van der Waals surface area contributed by atoms with Crippen molar-refractivity contribution in [3.05, 3.63) is 176 Å². The van der Waals surface area contributed by atoms with Gasteiger partial charge in [0.15, 0.2) is 0 Å². The van der Waals surface area contributed by atoms with Gasteiger partial charge in [-0.05, 0) is 162 Å². The van der Waals surface area contributed by atoms with Gasteiger partial charge in [-0.1, -0.05) is 171 Å². The number of nitrogens with zero attached hydrogens (tertiary/aromatic N) is 1. The second kappa shape index (κ2) is 54.9. The molecular formula is C55H58BrCl2I39N-. The van der Waals surface area contributed by atoms with Crippen LogP contribution in [0, 0.1) is 19.3 Å². The topological polar surface area (TPSA) is 3.24 Å². The summed E-state index contributed by atoms with van der Waals surface area (Å²) in [5, 5.41) is 1.59. The SMILES string of the molecule is CC12CCCCC1(C)c1cc(-c3ccccc3)ccc1C2.Cc1cc(Cl)cc(Br)c1.Cc1cc(Cl)cc(N2c3ccc(-c4ccccc4)cc3C3(C)CCCCC23C)c1.I[I-]I(I)I(I)I(I)I(I)I(I)I(I)I(I)I(I)I(I)I(I)I(I)I(I)I(I)I(I)I(I)I(I)I(I)I(I)I. The average molecular weight is 5830 g/mol. The van der Waals surface area contributed by atoms with E-state index in [2.05, 4.69) is 537 Å². The Morgan fingerprint density at radius 2 is 0.786 bits per heavy atom. The molecule has 4 aliphatic rings. The first-order chi connectivity index (χ1) is 46.0. The van der Waals surface area contributed by atoms with Crippen LogP contribution in [0.1, 0.15) is 107 Å². The van der Waals surface area contributed by atoms with Gasteiger partial charge in [0.2, 0.25) is 0 Å². The van der Waals surface area contributed by atoms with Gasteiger partial charge >= 0.3 is 528 Å². The molecule has 0 amide bonds. The molecule has 578 valence electrons. The molecule has 0 N–H and O–H groups in total. The minimum atomic E-state index is -0.533. The van der Waals surface area contributed by atoms with Gasteiger partial charge < -0.3 is 4.90 Å². The van der Waals surface area contributed by atoms with Gasteiger partial charge in [-0.25, -0.2) is 0 Å². The third-order valence-electron chi connectivity index (χ3n) is 16.3. The van der Waals surface area contributed by atoms with Crippen molar-refractivity contribution in [2.45, 2.75) is 116 Å². The average Bonchev–Trinajstić information content (AvgIpc) is 1.54. The molecule has 3 aliphatic carbocycles. The molecular weight excluding hydrogens is 5770 g/mol. The van der Waals surface area contributed by atoms with E-state index in [9.17, 15) is 0 Å². The Kier molecular flexibility index (Phi) is 61.4. The van der Waals surface area contributed by atoms with Crippen LogP contribution < -0.4 is 18.2 Å². The Labute approximate surface area is 867 Å². The second-order valence-corrected chi connectivity index (χ2v) is 917. The van der Waals surface area contributed by atoms with Gasteiger partial charge in [-0.2, -0.15) is 0 Å². The van der Waals surface area contributed by atoms with Gasteiger partial charge in [0.1, 0.15) is 0 Å². The molecule has 1 aliphatic heterocycles. The third kappa shape index (κ3) is 31.1. The molecule has 98 heavy (non-hydrogen) atoms. The Hall–Kier alpha value is 24.7. The van der Waals surface area contributed by atoms with E-state index < -0.39 is 134 Å². The molecule has 0 radical (unpaired) electrons. The Morgan fingerprint density at radius 1 is 0.398 bits per heavy atom. The van der Waals surface area contributed by atoms with Crippen molar-refractivity contribution in [1.82, 2.24) is 0 Å². The quantitative estimate of drug-likeness (QED) is 0.0649. The predicted octanol–water partition coefficient (Wildman–Crippen LogP) is 47.9. The molecule has 4 unspecified atom stereocenters. The van der Waals surface area contributed by atoms with E-state index in [1.807, 2.05) is 31.2 Å². The maximum atomic E-state index is 6.49. The van der Waals surface area contributed by atoms with Crippen molar-refractivity contribution in [3.63, 3.8) is 0 Å².